The molecule has 2 N–H and O–H groups in total. The molecule has 2 aromatic heterocycles. The first-order valence-corrected chi connectivity index (χ1v) is 6.53. The number of aromatic amines is 1. The van der Waals surface area contributed by atoms with Gasteiger partial charge in [0.05, 0.1) is 4.88 Å². The lowest BCUT2D eigenvalue weighted by Crippen LogP contribution is -2.12. The number of fused-ring (bicyclic) bond motifs is 1. The topological polar surface area (TPSA) is 62.0 Å². The minimum Gasteiger partial charge on any atom is -0.329 e. The number of nitrogens with one attached hydrogen (secondary N) is 2. The summed E-state index contributed by atoms with van der Waals surface area (Å²) in [4.78, 5) is 26.4. The Labute approximate surface area is 112 Å². The van der Waals surface area contributed by atoms with Gasteiger partial charge in [0.15, 0.2) is 0 Å². The molecule has 5 heteroatoms. The van der Waals surface area contributed by atoms with E-state index in [0.717, 1.165) is 10.1 Å². The van der Waals surface area contributed by atoms with Gasteiger partial charge in [0.25, 0.3) is 5.91 Å². The van der Waals surface area contributed by atoms with Crippen molar-refractivity contribution in [2.45, 2.75) is 0 Å². The monoisotopic (exact) mass is 270 g/mol. The van der Waals surface area contributed by atoms with Crippen LogP contribution in [0.1, 0.15) is 9.67 Å². The molecule has 3 aromatic rings. The Morgan fingerprint density at radius 3 is 2.79 bits per heavy atom. The SMILES string of the molecule is O=C(Nc1cc[nH]c(=O)c1)c1cc2ccccc2s1. The Morgan fingerprint density at radius 1 is 1.16 bits per heavy atom. The fourth-order valence-electron chi connectivity index (χ4n) is 1.81. The normalized spacial score (nSPS) is 10.5. The van der Waals surface area contributed by atoms with Crippen LogP contribution in [0, 0.1) is 0 Å². The van der Waals surface area contributed by atoms with E-state index in [-0.39, 0.29) is 11.5 Å². The smallest absolute Gasteiger partial charge is 0.265 e. The van der Waals surface area contributed by atoms with E-state index in [9.17, 15) is 9.59 Å². The molecule has 0 unspecified atom stereocenters. The first kappa shape index (κ1) is 11.7. The van der Waals surface area contributed by atoms with Crippen LogP contribution in [0.4, 0.5) is 5.69 Å². The van der Waals surface area contributed by atoms with Crippen LogP contribution in [0.15, 0.2) is 53.5 Å². The maximum Gasteiger partial charge on any atom is 0.265 e. The predicted molar refractivity (Wildman–Crippen MR) is 76.8 cm³/mol. The molecule has 0 aliphatic rings. The highest BCUT2D eigenvalue weighted by molar-refractivity contribution is 7.20. The van der Waals surface area contributed by atoms with Crippen LogP contribution in [-0.4, -0.2) is 10.9 Å². The molecule has 0 spiro atoms. The fraction of sp³-hybridized carbons (Fsp3) is 0. The van der Waals surface area contributed by atoms with Crippen LogP contribution in [0.3, 0.4) is 0 Å². The Kier molecular flexibility index (Phi) is 2.89. The summed E-state index contributed by atoms with van der Waals surface area (Å²) >= 11 is 1.43. The number of thiophene rings is 1. The Hall–Kier alpha value is -2.40. The molecular formula is C14H10N2O2S. The summed E-state index contributed by atoms with van der Waals surface area (Å²) in [7, 11) is 0. The van der Waals surface area contributed by atoms with Crippen LogP contribution in [0.2, 0.25) is 0 Å². The molecule has 0 atom stereocenters. The third-order valence-corrected chi connectivity index (χ3v) is 3.80. The summed E-state index contributed by atoms with van der Waals surface area (Å²) in [5, 5.41) is 3.76. The zero-order chi connectivity index (χ0) is 13.2. The van der Waals surface area contributed by atoms with E-state index in [1.54, 1.807) is 6.07 Å². The van der Waals surface area contributed by atoms with Gasteiger partial charge in [0.2, 0.25) is 5.56 Å². The van der Waals surface area contributed by atoms with Crippen molar-refractivity contribution in [1.82, 2.24) is 4.98 Å². The van der Waals surface area contributed by atoms with Gasteiger partial charge in [0, 0.05) is 22.7 Å². The second-order valence-corrected chi connectivity index (χ2v) is 5.13. The summed E-state index contributed by atoms with van der Waals surface area (Å²) in [6, 6.07) is 12.7. The van der Waals surface area contributed by atoms with Gasteiger partial charge in [0.1, 0.15) is 0 Å². The van der Waals surface area contributed by atoms with Gasteiger partial charge in [-0.2, -0.15) is 0 Å². The molecule has 3 rings (SSSR count). The van der Waals surface area contributed by atoms with Crippen molar-refractivity contribution in [3.05, 3.63) is 63.9 Å². The van der Waals surface area contributed by atoms with Crippen molar-refractivity contribution in [2.24, 2.45) is 0 Å². The lowest BCUT2D eigenvalue weighted by molar-refractivity contribution is 0.103. The van der Waals surface area contributed by atoms with E-state index >= 15 is 0 Å². The molecule has 0 saturated heterocycles. The second kappa shape index (κ2) is 4.70. The first-order valence-electron chi connectivity index (χ1n) is 5.71. The molecule has 0 bridgehead atoms. The summed E-state index contributed by atoms with van der Waals surface area (Å²) in [5.74, 6) is -0.202. The maximum absolute atomic E-state index is 12.1. The number of carbonyl (C=O) groups is 1. The average molecular weight is 270 g/mol. The third kappa shape index (κ3) is 2.41. The minimum absolute atomic E-state index is 0.202. The first-order chi connectivity index (χ1) is 9.22. The fourth-order valence-corrected chi connectivity index (χ4v) is 2.77. The minimum atomic E-state index is -0.242. The molecule has 94 valence electrons. The summed E-state index contributed by atoms with van der Waals surface area (Å²) in [5.41, 5.74) is 0.250. The number of aromatic nitrogens is 1. The molecule has 0 aliphatic carbocycles. The van der Waals surface area contributed by atoms with Gasteiger partial charge in [-0.1, -0.05) is 18.2 Å². The van der Waals surface area contributed by atoms with Crippen LogP contribution >= 0.6 is 11.3 Å². The standard InChI is InChI=1S/C14H10N2O2S/c17-13-8-10(5-6-15-13)16-14(18)12-7-9-3-1-2-4-11(9)19-12/h1-8H,(H2,15,16,17,18). The van der Waals surface area contributed by atoms with E-state index < -0.39 is 0 Å². The number of H-pyrrole nitrogens is 1. The highest BCUT2D eigenvalue weighted by Gasteiger charge is 2.10. The van der Waals surface area contributed by atoms with E-state index in [1.165, 1.54) is 23.6 Å². The van der Waals surface area contributed by atoms with Gasteiger partial charge >= 0.3 is 0 Å². The maximum atomic E-state index is 12.1. The number of amides is 1. The number of carbonyl (C=O) groups excluding carboxylic acids is 1. The lowest BCUT2D eigenvalue weighted by Gasteiger charge is -2.01. The van der Waals surface area contributed by atoms with Crippen molar-refractivity contribution in [1.29, 1.82) is 0 Å². The summed E-state index contributed by atoms with van der Waals surface area (Å²) in [6.45, 7) is 0. The molecule has 0 radical (unpaired) electrons. The molecule has 19 heavy (non-hydrogen) atoms. The van der Waals surface area contributed by atoms with Crippen LogP contribution in [-0.2, 0) is 0 Å². The Balaban J connectivity index is 1.89. The Bertz CT molecular complexity index is 771. The van der Waals surface area contributed by atoms with E-state index in [1.807, 2.05) is 30.3 Å². The number of benzene rings is 1. The molecular weight excluding hydrogens is 260 g/mol. The van der Waals surface area contributed by atoms with Crippen molar-refractivity contribution in [2.75, 3.05) is 5.32 Å². The highest BCUT2D eigenvalue weighted by atomic mass is 32.1. The molecule has 0 fully saturated rings. The zero-order valence-corrected chi connectivity index (χ0v) is 10.7. The van der Waals surface area contributed by atoms with Crippen molar-refractivity contribution < 1.29 is 4.79 Å². The molecule has 0 saturated carbocycles. The number of rotatable bonds is 2. The summed E-state index contributed by atoms with van der Waals surface area (Å²) < 4.78 is 1.07. The number of hydrogen-bond acceptors (Lipinski definition) is 3. The number of pyridine rings is 1. The predicted octanol–water partition coefficient (Wildman–Crippen LogP) is 2.84. The largest absolute Gasteiger partial charge is 0.329 e. The van der Waals surface area contributed by atoms with Crippen molar-refractivity contribution in [3.63, 3.8) is 0 Å². The van der Waals surface area contributed by atoms with Crippen molar-refractivity contribution >= 4 is 33.0 Å². The van der Waals surface area contributed by atoms with E-state index in [4.69, 9.17) is 0 Å². The molecule has 4 nitrogen and oxygen atoms in total. The van der Waals surface area contributed by atoms with Crippen LogP contribution in [0.25, 0.3) is 10.1 Å². The molecule has 0 aliphatic heterocycles. The molecule has 1 amide bonds. The number of hydrogen-bond donors (Lipinski definition) is 2. The van der Waals surface area contributed by atoms with Crippen molar-refractivity contribution in [3.8, 4) is 0 Å². The van der Waals surface area contributed by atoms with Gasteiger partial charge in [-0.3, -0.25) is 9.59 Å². The van der Waals surface area contributed by atoms with E-state index in [0.29, 0.717) is 10.6 Å². The third-order valence-electron chi connectivity index (χ3n) is 2.68. The molecule has 2 heterocycles. The molecule has 1 aromatic carbocycles. The summed E-state index contributed by atoms with van der Waals surface area (Å²) in [6.07, 6.45) is 1.50. The highest BCUT2D eigenvalue weighted by Crippen LogP contribution is 2.25. The van der Waals surface area contributed by atoms with Gasteiger partial charge in [-0.15, -0.1) is 11.3 Å². The van der Waals surface area contributed by atoms with Crippen LogP contribution in [0.5, 0.6) is 0 Å². The Morgan fingerprint density at radius 2 is 2.00 bits per heavy atom. The zero-order valence-electron chi connectivity index (χ0n) is 9.84. The van der Waals surface area contributed by atoms with Crippen LogP contribution < -0.4 is 10.9 Å². The van der Waals surface area contributed by atoms with Gasteiger partial charge < -0.3 is 10.3 Å². The quantitative estimate of drug-likeness (QED) is 0.752. The van der Waals surface area contributed by atoms with Gasteiger partial charge in [-0.05, 0) is 23.6 Å². The van der Waals surface area contributed by atoms with E-state index in [2.05, 4.69) is 10.3 Å². The second-order valence-electron chi connectivity index (χ2n) is 4.04. The number of anilines is 1. The lowest BCUT2D eigenvalue weighted by atomic mass is 10.2. The van der Waals surface area contributed by atoms with Gasteiger partial charge in [-0.25, -0.2) is 0 Å². The average Bonchev–Trinajstić information content (AvgIpc) is 2.82.